The van der Waals surface area contributed by atoms with Crippen LogP contribution in [0.2, 0.25) is 0 Å². The van der Waals surface area contributed by atoms with Crippen LogP contribution in [-0.4, -0.2) is 61.2 Å². The van der Waals surface area contributed by atoms with Gasteiger partial charge in [-0.05, 0) is 34.6 Å². The van der Waals surface area contributed by atoms with Crippen molar-refractivity contribution < 1.29 is 19.4 Å². The van der Waals surface area contributed by atoms with E-state index in [-0.39, 0.29) is 6.61 Å². The number of ether oxygens (including phenoxy) is 2. The van der Waals surface area contributed by atoms with Gasteiger partial charge in [0.2, 0.25) is 0 Å². The van der Waals surface area contributed by atoms with E-state index < -0.39 is 29.6 Å². The number of carbonyl (C=O) groups excluding carboxylic acids is 1. The maximum absolute atomic E-state index is 12.6. The fourth-order valence-corrected chi connectivity index (χ4v) is 2.60. The van der Waals surface area contributed by atoms with Crippen LogP contribution in [0.1, 0.15) is 34.6 Å². The zero-order chi connectivity index (χ0) is 16.5. The van der Waals surface area contributed by atoms with Gasteiger partial charge >= 0.3 is 6.09 Å². The second-order valence-electron chi connectivity index (χ2n) is 6.79. The zero-order valence-corrected chi connectivity index (χ0v) is 13.7. The van der Waals surface area contributed by atoms with Crippen LogP contribution in [0.15, 0.2) is 12.4 Å². The highest BCUT2D eigenvalue weighted by Crippen LogP contribution is 2.34. The summed E-state index contributed by atoms with van der Waals surface area (Å²) in [7, 11) is 0. The first-order valence-electron chi connectivity index (χ1n) is 7.29. The molecule has 0 saturated carbocycles. The number of nitrogens with zero attached hydrogens (tertiary/aromatic N) is 4. The van der Waals surface area contributed by atoms with Gasteiger partial charge in [-0.2, -0.15) is 15.0 Å². The van der Waals surface area contributed by atoms with E-state index in [1.54, 1.807) is 26.2 Å². The molecule has 1 aromatic rings. The molecule has 124 valence electrons. The van der Waals surface area contributed by atoms with Gasteiger partial charge in [-0.3, -0.25) is 4.90 Å². The molecular formula is C14H24N4O4. The molecule has 0 spiro atoms. The molecule has 2 unspecified atom stereocenters. The SMILES string of the molecule is CC(C)(C)OC(=O)N1C(Cn2nccn2)C(CO)OC1(C)C. The van der Waals surface area contributed by atoms with Crippen molar-refractivity contribution in [2.24, 2.45) is 0 Å². The minimum absolute atomic E-state index is 0.200. The molecule has 2 rings (SSSR count). The van der Waals surface area contributed by atoms with E-state index in [1.807, 2.05) is 20.8 Å². The predicted molar refractivity (Wildman–Crippen MR) is 77.9 cm³/mol. The molecule has 22 heavy (non-hydrogen) atoms. The topological polar surface area (TPSA) is 89.7 Å². The van der Waals surface area contributed by atoms with Gasteiger partial charge < -0.3 is 14.6 Å². The molecule has 1 aliphatic rings. The lowest BCUT2D eigenvalue weighted by Crippen LogP contribution is -2.52. The Labute approximate surface area is 130 Å². The number of hydrogen-bond acceptors (Lipinski definition) is 6. The fraction of sp³-hybridized carbons (Fsp3) is 0.786. The Morgan fingerprint density at radius 2 is 1.95 bits per heavy atom. The summed E-state index contributed by atoms with van der Waals surface area (Å²) >= 11 is 0. The van der Waals surface area contributed by atoms with Gasteiger partial charge in [0.1, 0.15) is 17.4 Å². The summed E-state index contributed by atoms with van der Waals surface area (Å²) in [5, 5.41) is 17.7. The average Bonchev–Trinajstić information content (AvgIpc) is 2.93. The van der Waals surface area contributed by atoms with Crippen molar-refractivity contribution in [1.82, 2.24) is 19.9 Å². The fourth-order valence-electron chi connectivity index (χ4n) is 2.60. The molecule has 0 radical (unpaired) electrons. The molecule has 0 bridgehead atoms. The Hall–Kier alpha value is -1.67. The second kappa shape index (κ2) is 5.85. The lowest BCUT2D eigenvalue weighted by atomic mass is 10.1. The number of carbonyl (C=O) groups is 1. The van der Waals surface area contributed by atoms with Gasteiger partial charge in [-0.25, -0.2) is 4.79 Å². The molecular weight excluding hydrogens is 288 g/mol. The lowest BCUT2D eigenvalue weighted by Gasteiger charge is -2.34. The molecule has 1 saturated heterocycles. The van der Waals surface area contributed by atoms with E-state index >= 15 is 0 Å². The summed E-state index contributed by atoms with van der Waals surface area (Å²) in [6, 6.07) is -0.415. The Morgan fingerprint density at radius 1 is 1.36 bits per heavy atom. The quantitative estimate of drug-likeness (QED) is 0.896. The summed E-state index contributed by atoms with van der Waals surface area (Å²) in [5.41, 5.74) is -1.49. The highest BCUT2D eigenvalue weighted by molar-refractivity contribution is 5.70. The van der Waals surface area contributed by atoms with E-state index in [4.69, 9.17) is 9.47 Å². The summed E-state index contributed by atoms with van der Waals surface area (Å²) in [5.74, 6) is 0. The molecule has 8 heteroatoms. The van der Waals surface area contributed by atoms with Crippen LogP contribution < -0.4 is 0 Å². The first kappa shape index (κ1) is 16.7. The number of aromatic nitrogens is 3. The van der Waals surface area contributed by atoms with Gasteiger partial charge in [0, 0.05) is 0 Å². The first-order valence-corrected chi connectivity index (χ1v) is 7.29. The van der Waals surface area contributed by atoms with E-state index in [0.717, 1.165) is 0 Å². The second-order valence-corrected chi connectivity index (χ2v) is 6.79. The van der Waals surface area contributed by atoms with Gasteiger partial charge in [-0.15, -0.1) is 0 Å². The van der Waals surface area contributed by atoms with Crippen LogP contribution in [-0.2, 0) is 16.0 Å². The molecule has 1 aromatic heterocycles. The van der Waals surface area contributed by atoms with E-state index in [9.17, 15) is 9.90 Å². The molecule has 8 nitrogen and oxygen atoms in total. The minimum atomic E-state index is -0.881. The van der Waals surface area contributed by atoms with Crippen LogP contribution in [0.3, 0.4) is 0 Å². The molecule has 0 aliphatic carbocycles. The Morgan fingerprint density at radius 3 is 2.45 bits per heavy atom. The molecule has 1 N–H and O–H groups in total. The third-order valence-electron chi connectivity index (χ3n) is 3.37. The summed E-state index contributed by atoms with van der Waals surface area (Å²) in [6.07, 6.45) is 2.12. The van der Waals surface area contributed by atoms with Gasteiger partial charge in [0.15, 0.2) is 0 Å². The Balaban J connectivity index is 2.26. The van der Waals surface area contributed by atoms with Crippen molar-refractivity contribution in [3.05, 3.63) is 12.4 Å². The molecule has 1 aliphatic heterocycles. The van der Waals surface area contributed by atoms with Crippen molar-refractivity contribution >= 4 is 6.09 Å². The first-order chi connectivity index (χ1) is 10.1. The van der Waals surface area contributed by atoms with Crippen LogP contribution in [0.25, 0.3) is 0 Å². The van der Waals surface area contributed by atoms with Gasteiger partial charge in [0.05, 0.1) is 31.6 Å². The number of aliphatic hydroxyl groups is 1. The monoisotopic (exact) mass is 312 g/mol. The lowest BCUT2D eigenvalue weighted by molar-refractivity contribution is -0.0866. The number of aliphatic hydroxyl groups excluding tert-OH is 1. The number of hydrogen-bond donors (Lipinski definition) is 1. The van der Waals surface area contributed by atoms with Crippen molar-refractivity contribution in [2.75, 3.05) is 6.61 Å². The zero-order valence-electron chi connectivity index (χ0n) is 13.7. The van der Waals surface area contributed by atoms with E-state index in [2.05, 4.69) is 10.2 Å². The van der Waals surface area contributed by atoms with Crippen LogP contribution >= 0.6 is 0 Å². The summed E-state index contributed by atoms with van der Waals surface area (Å²) in [4.78, 5) is 15.6. The van der Waals surface area contributed by atoms with Crippen molar-refractivity contribution in [2.45, 2.75) is 64.6 Å². The Kier molecular flexibility index (Phi) is 4.44. The summed E-state index contributed by atoms with van der Waals surface area (Å²) < 4.78 is 11.3. The van der Waals surface area contributed by atoms with Crippen LogP contribution in [0, 0.1) is 0 Å². The number of rotatable bonds is 3. The largest absolute Gasteiger partial charge is 0.444 e. The standard InChI is InChI=1S/C14H24N4O4/c1-13(2,3)22-12(20)18-10(8-17-15-6-7-16-17)11(9-19)21-14(18,4)5/h6-7,10-11,19H,8-9H2,1-5H3. The summed E-state index contributed by atoms with van der Waals surface area (Å²) in [6.45, 7) is 9.09. The molecule has 1 fully saturated rings. The van der Waals surface area contributed by atoms with Crippen molar-refractivity contribution in [3.63, 3.8) is 0 Å². The highest BCUT2D eigenvalue weighted by atomic mass is 16.6. The highest BCUT2D eigenvalue weighted by Gasteiger charge is 2.51. The van der Waals surface area contributed by atoms with Crippen LogP contribution in [0.4, 0.5) is 4.79 Å². The van der Waals surface area contributed by atoms with Crippen molar-refractivity contribution in [3.8, 4) is 0 Å². The van der Waals surface area contributed by atoms with Crippen molar-refractivity contribution in [1.29, 1.82) is 0 Å². The maximum atomic E-state index is 12.6. The van der Waals surface area contributed by atoms with Gasteiger partial charge in [-0.1, -0.05) is 0 Å². The maximum Gasteiger partial charge on any atom is 0.412 e. The predicted octanol–water partition coefficient (Wildman–Crippen LogP) is 1.01. The molecule has 0 aromatic carbocycles. The minimum Gasteiger partial charge on any atom is -0.444 e. The van der Waals surface area contributed by atoms with E-state index in [0.29, 0.717) is 6.54 Å². The molecule has 2 atom stereocenters. The Bertz CT molecular complexity index is 509. The molecule has 2 heterocycles. The molecule has 1 amide bonds. The third-order valence-corrected chi connectivity index (χ3v) is 3.37. The number of amides is 1. The third kappa shape index (κ3) is 3.56. The normalized spacial score (nSPS) is 24.5. The average molecular weight is 312 g/mol. The van der Waals surface area contributed by atoms with Crippen LogP contribution in [0.5, 0.6) is 0 Å². The smallest absolute Gasteiger partial charge is 0.412 e. The van der Waals surface area contributed by atoms with Gasteiger partial charge in [0.25, 0.3) is 0 Å². The van der Waals surface area contributed by atoms with E-state index in [1.165, 1.54) is 9.70 Å².